The Bertz CT molecular complexity index is 1200. The average Bonchev–Trinajstić information content (AvgIpc) is 2.94. The fourth-order valence-corrected chi connectivity index (χ4v) is 5.01. The first-order chi connectivity index (χ1) is 18.8. The van der Waals surface area contributed by atoms with E-state index in [0.29, 0.717) is 18.7 Å². The second-order valence-electron chi connectivity index (χ2n) is 10.3. The van der Waals surface area contributed by atoms with Crippen molar-refractivity contribution in [1.29, 1.82) is 0 Å². The van der Waals surface area contributed by atoms with Crippen molar-refractivity contribution in [2.24, 2.45) is 4.99 Å². The Morgan fingerprint density at radius 3 is 2.67 bits per heavy atom. The Kier molecular flexibility index (Phi) is 11.5. The van der Waals surface area contributed by atoms with Crippen molar-refractivity contribution in [2.45, 2.75) is 80.6 Å². The summed E-state index contributed by atoms with van der Waals surface area (Å²) in [4.78, 5) is 7.24. The number of aryl methyl sites for hydroxylation is 1. The zero-order valence-electron chi connectivity index (χ0n) is 25.0. The number of nitrogens with one attached hydrogen (secondary N) is 2. The van der Waals surface area contributed by atoms with Crippen LogP contribution < -0.4 is 10.6 Å². The molecule has 0 bridgehead atoms. The van der Waals surface area contributed by atoms with Gasteiger partial charge in [0.15, 0.2) is 0 Å². The van der Waals surface area contributed by atoms with Crippen LogP contribution in [0.2, 0.25) is 0 Å². The largest absolute Gasteiger partial charge is 0.494 e. The van der Waals surface area contributed by atoms with Crippen molar-refractivity contribution >= 4 is 11.5 Å². The summed E-state index contributed by atoms with van der Waals surface area (Å²) in [6, 6.07) is 5.28. The van der Waals surface area contributed by atoms with E-state index in [2.05, 4.69) is 55.4 Å². The number of ether oxygens (including phenoxy) is 1. The van der Waals surface area contributed by atoms with Crippen LogP contribution in [0.25, 0.3) is 0 Å². The first kappa shape index (κ1) is 30.3. The maximum absolute atomic E-state index is 14.2. The van der Waals surface area contributed by atoms with Crippen LogP contribution >= 0.6 is 0 Å². The van der Waals surface area contributed by atoms with Gasteiger partial charge in [-0.1, -0.05) is 44.9 Å². The summed E-state index contributed by atoms with van der Waals surface area (Å²) in [5.74, 6) is 1.52. The molecule has 1 fully saturated rings. The molecule has 6 heteroatoms. The van der Waals surface area contributed by atoms with Gasteiger partial charge in [0.2, 0.25) is 0 Å². The number of hydrogen-bond acceptors (Lipinski definition) is 4. The lowest BCUT2D eigenvalue weighted by molar-refractivity contribution is 0.194. The van der Waals surface area contributed by atoms with Crippen LogP contribution in [-0.4, -0.2) is 37.0 Å². The average molecular weight is 535 g/mol. The summed E-state index contributed by atoms with van der Waals surface area (Å²) in [7, 11) is 0. The standard InChI is InChI=1S/C33H47FN4O/c1-8-11-12-13-32(24(5)33-25(6)39-19-17-35-33)38-18-16-28(30(22-38)23(4)9-2)21-36-26(7)37-29-15-14-27(10-3)31(34)20-29/h12-15,20-21,35H,8-11,16-19,22H2,1-7H3,(H,36,37)/b13-12+,28-21-,30-23?,32-24+. The second-order valence-corrected chi connectivity index (χ2v) is 10.3. The minimum absolute atomic E-state index is 0.182. The number of nitrogens with zero attached hydrogens (tertiary/aromatic N) is 2. The highest BCUT2D eigenvalue weighted by molar-refractivity contribution is 5.93. The Labute approximate surface area is 235 Å². The molecule has 0 radical (unpaired) electrons. The van der Waals surface area contributed by atoms with Gasteiger partial charge in [-0.15, -0.1) is 0 Å². The molecule has 1 saturated heterocycles. The van der Waals surface area contributed by atoms with Crippen LogP contribution in [-0.2, 0) is 11.2 Å². The molecule has 39 heavy (non-hydrogen) atoms. The van der Waals surface area contributed by atoms with Crippen LogP contribution in [0.3, 0.4) is 0 Å². The van der Waals surface area contributed by atoms with Crippen molar-refractivity contribution in [3.63, 3.8) is 0 Å². The summed E-state index contributed by atoms with van der Waals surface area (Å²) >= 11 is 0. The Balaban J connectivity index is 1.88. The molecule has 1 aromatic carbocycles. The topological polar surface area (TPSA) is 48.9 Å². The van der Waals surface area contributed by atoms with E-state index in [1.165, 1.54) is 28.0 Å². The highest BCUT2D eigenvalue weighted by Crippen LogP contribution is 2.31. The molecular formula is C33H47FN4O. The molecule has 2 N–H and O–H groups in total. The Morgan fingerprint density at radius 2 is 2.00 bits per heavy atom. The summed E-state index contributed by atoms with van der Waals surface area (Å²) in [6.45, 7) is 18.1. The molecule has 2 aliphatic heterocycles. The maximum atomic E-state index is 14.2. The lowest BCUT2D eigenvalue weighted by Gasteiger charge is -2.36. The number of piperidine rings is 1. The minimum Gasteiger partial charge on any atom is -0.494 e. The highest BCUT2D eigenvalue weighted by Gasteiger charge is 2.24. The van der Waals surface area contributed by atoms with Gasteiger partial charge < -0.3 is 20.3 Å². The normalized spacial score (nSPS) is 19.7. The number of unbranched alkanes of at least 4 members (excludes halogenated alkanes) is 1. The zero-order chi connectivity index (χ0) is 28.4. The monoisotopic (exact) mass is 534 g/mol. The molecule has 5 nitrogen and oxygen atoms in total. The van der Waals surface area contributed by atoms with Gasteiger partial charge in [-0.25, -0.2) is 9.38 Å². The SMILES string of the molecule is CCC/C=C/C(=C(/C)C1=C(C)OCCN1)N1CC/C(=C/N=C(C)Nc2ccc(CC)c(F)c2)C(=C(C)CC)C1. The molecule has 0 atom stereocenters. The third kappa shape index (κ3) is 8.11. The van der Waals surface area contributed by atoms with Crippen molar-refractivity contribution in [1.82, 2.24) is 10.2 Å². The summed E-state index contributed by atoms with van der Waals surface area (Å²) in [5.41, 5.74) is 9.01. The molecule has 0 saturated carbocycles. The van der Waals surface area contributed by atoms with Crippen LogP contribution in [0.4, 0.5) is 10.1 Å². The maximum Gasteiger partial charge on any atom is 0.128 e. The van der Waals surface area contributed by atoms with Crippen LogP contribution in [0.5, 0.6) is 0 Å². The second kappa shape index (κ2) is 14.8. The Morgan fingerprint density at radius 1 is 1.21 bits per heavy atom. The van der Waals surface area contributed by atoms with Crippen molar-refractivity contribution in [2.75, 3.05) is 31.6 Å². The summed E-state index contributed by atoms with van der Waals surface area (Å²) in [6.07, 6.45) is 11.3. The van der Waals surface area contributed by atoms with Gasteiger partial charge in [0.25, 0.3) is 0 Å². The molecule has 0 aliphatic carbocycles. The molecule has 212 valence electrons. The number of hydrogen-bond donors (Lipinski definition) is 2. The summed E-state index contributed by atoms with van der Waals surface area (Å²) < 4.78 is 20.1. The minimum atomic E-state index is -0.182. The molecule has 3 rings (SSSR count). The van der Waals surface area contributed by atoms with E-state index in [0.717, 1.165) is 68.2 Å². The predicted octanol–water partition coefficient (Wildman–Crippen LogP) is 8.02. The van der Waals surface area contributed by atoms with Gasteiger partial charge in [0.1, 0.15) is 24.0 Å². The molecule has 0 amide bonds. The van der Waals surface area contributed by atoms with Gasteiger partial charge >= 0.3 is 0 Å². The number of benzene rings is 1. The van der Waals surface area contributed by atoms with E-state index in [1.807, 2.05) is 39.1 Å². The van der Waals surface area contributed by atoms with Gasteiger partial charge in [0, 0.05) is 37.2 Å². The predicted molar refractivity (Wildman–Crippen MR) is 163 cm³/mol. The lowest BCUT2D eigenvalue weighted by atomic mass is 9.92. The number of likely N-dealkylation sites (tertiary alicyclic amines) is 1. The van der Waals surface area contributed by atoms with Gasteiger partial charge in [0.05, 0.1) is 5.70 Å². The quantitative estimate of drug-likeness (QED) is 0.191. The van der Waals surface area contributed by atoms with E-state index in [9.17, 15) is 4.39 Å². The first-order valence-corrected chi connectivity index (χ1v) is 14.5. The fraction of sp³-hybridized carbons (Fsp3) is 0.485. The molecule has 1 aromatic rings. The van der Waals surface area contributed by atoms with Crippen LogP contribution in [0, 0.1) is 5.82 Å². The third-order valence-corrected chi connectivity index (χ3v) is 7.51. The van der Waals surface area contributed by atoms with Gasteiger partial charge in [-0.3, -0.25) is 0 Å². The van der Waals surface area contributed by atoms with Crippen LogP contribution in [0.1, 0.15) is 79.7 Å². The molecule has 0 unspecified atom stereocenters. The van der Waals surface area contributed by atoms with E-state index in [-0.39, 0.29) is 5.82 Å². The third-order valence-electron chi connectivity index (χ3n) is 7.51. The van der Waals surface area contributed by atoms with E-state index >= 15 is 0 Å². The number of halogens is 1. The van der Waals surface area contributed by atoms with Crippen molar-refractivity contribution < 1.29 is 9.13 Å². The number of rotatable bonds is 9. The first-order valence-electron chi connectivity index (χ1n) is 14.5. The molecule has 0 aromatic heterocycles. The fourth-order valence-electron chi connectivity index (χ4n) is 5.01. The lowest BCUT2D eigenvalue weighted by Crippen LogP contribution is -2.34. The van der Waals surface area contributed by atoms with E-state index in [4.69, 9.17) is 9.73 Å². The number of allylic oxidation sites excluding steroid dienone is 5. The molecule has 2 heterocycles. The summed E-state index contributed by atoms with van der Waals surface area (Å²) in [5, 5.41) is 6.80. The van der Waals surface area contributed by atoms with Gasteiger partial charge in [-0.2, -0.15) is 0 Å². The van der Waals surface area contributed by atoms with E-state index in [1.54, 1.807) is 6.07 Å². The van der Waals surface area contributed by atoms with E-state index < -0.39 is 0 Å². The zero-order valence-corrected chi connectivity index (χ0v) is 25.0. The number of aliphatic imine (C=N–C) groups is 1. The van der Waals surface area contributed by atoms with Crippen LogP contribution in [0.15, 0.2) is 81.0 Å². The number of anilines is 1. The van der Waals surface area contributed by atoms with Crippen molar-refractivity contribution in [3.8, 4) is 0 Å². The smallest absolute Gasteiger partial charge is 0.128 e. The Hall–Kier alpha value is -3.28. The van der Waals surface area contributed by atoms with Crippen molar-refractivity contribution in [3.05, 3.63) is 87.4 Å². The molecule has 0 spiro atoms. The number of amidine groups is 1. The highest BCUT2D eigenvalue weighted by atomic mass is 19.1. The van der Waals surface area contributed by atoms with Gasteiger partial charge in [-0.05, 0) is 93.9 Å². The molecule has 2 aliphatic rings. The molecular weight excluding hydrogens is 487 g/mol.